The first-order chi connectivity index (χ1) is 20.0. The van der Waals surface area contributed by atoms with Gasteiger partial charge in [0.2, 0.25) is 5.95 Å². The maximum atomic E-state index is 13.2. The number of fused-ring (bicyclic) bond motifs is 2. The lowest BCUT2D eigenvalue weighted by Crippen LogP contribution is -2.34. The summed E-state index contributed by atoms with van der Waals surface area (Å²) in [7, 11) is 0. The Hall–Kier alpha value is -4.65. The van der Waals surface area contributed by atoms with Gasteiger partial charge in [-0.05, 0) is 89.2 Å². The molecule has 0 fully saturated rings. The number of nitrogens with zero attached hydrogens (tertiary/aromatic N) is 1. The minimum atomic E-state index is -0.421. The Labute approximate surface area is 245 Å². The van der Waals surface area contributed by atoms with Crippen molar-refractivity contribution in [3.05, 3.63) is 112 Å². The lowest BCUT2D eigenvalue weighted by atomic mass is 9.62. The van der Waals surface area contributed by atoms with Crippen molar-refractivity contribution >= 4 is 34.5 Å². The number of para-hydroxylation sites is 3. The number of rotatable bonds is 6. The normalized spacial score (nSPS) is 15.3. The first-order valence-corrected chi connectivity index (χ1v) is 14.4. The van der Waals surface area contributed by atoms with Gasteiger partial charge in [-0.1, -0.05) is 64.1 Å². The Morgan fingerprint density at radius 1 is 0.857 bits per heavy atom. The van der Waals surface area contributed by atoms with Crippen molar-refractivity contribution < 1.29 is 14.0 Å². The van der Waals surface area contributed by atoms with Gasteiger partial charge in [0.1, 0.15) is 5.76 Å². The van der Waals surface area contributed by atoms with E-state index in [1.54, 1.807) is 30.3 Å². The molecule has 6 rings (SSSR count). The van der Waals surface area contributed by atoms with E-state index >= 15 is 0 Å². The molecule has 214 valence electrons. The summed E-state index contributed by atoms with van der Waals surface area (Å²) < 4.78 is 6.02. The van der Waals surface area contributed by atoms with Crippen LogP contribution in [0.15, 0.2) is 77.2 Å². The molecule has 2 amide bonds. The quantitative estimate of drug-likeness (QED) is 0.196. The minimum Gasteiger partial charge on any atom is -0.456 e. The number of aromatic amines is 1. The zero-order valence-corrected chi connectivity index (χ0v) is 24.7. The molecule has 7 nitrogen and oxygen atoms in total. The van der Waals surface area contributed by atoms with Crippen LogP contribution in [0.3, 0.4) is 0 Å². The van der Waals surface area contributed by atoms with Crippen molar-refractivity contribution in [2.24, 2.45) is 0 Å². The van der Waals surface area contributed by atoms with Gasteiger partial charge >= 0.3 is 0 Å². The molecule has 0 unspecified atom stereocenters. The van der Waals surface area contributed by atoms with E-state index in [2.05, 4.69) is 67.4 Å². The lowest BCUT2D eigenvalue weighted by molar-refractivity contribution is 0.0995. The second kappa shape index (κ2) is 10.3. The summed E-state index contributed by atoms with van der Waals surface area (Å²) in [4.78, 5) is 33.8. The van der Waals surface area contributed by atoms with E-state index < -0.39 is 5.91 Å². The predicted octanol–water partition coefficient (Wildman–Crippen LogP) is 7.91. The van der Waals surface area contributed by atoms with Crippen LogP contribution < -0.4 is 10.6 Å². The molecule has 2 aromatic heterocycles. The zero-order valence-electron chi connectivity index (χ0n) is 24.7. The number of H-pyrrole nitrogens is 1. The second-order valence-corrected chi connectivity index (χ2v) is 12.6. The Morgan fingerprint density at radius 2 is 1.55 bits per heavy atom. The van der Waals surface area contributed by atoms with E-state index in [-0.39, 0.29) is 22.5 Å². The van der Waals surface area contributed by atoms with Crippen LogP contribution >= 0.6 is 0 Å². The van der Waals surface area contributed by atoms with Gasteiger partial charge in [0, 0.05) is 6.42 Å². The van der Waals surface area contributed by atoms with Crippen molar-refractivity contribution in [2.75, 3.05) is 10.6 Å². The number of amides is 2. The molecule has 0 radical (unpaired) electrons. The number of hydrogen-bond acceptors (Lipinski definition) is 4. The van der Waals surface area contributed by atoms with Crippen LogP contribution in [-0.4, -0.2) is 21.8 Å². The van der Waals surface area contributed by atoms with Crippen LogP contribution in [0.1, 0.15) is 89.5 Å². The number of anilines is 2. The molecule has 0 atom stereocenters. The SMILES string of the molecule is Cc1cc2c(cc1Cc1ccc(C(=O)Nc3ccccc3C(=O)Nc3nc4ccccc4[nH]3)o1)C(C)(C)CCC2(C)C. The Kier molecular flexibility index (Phi) is 6.76. The number of benzene rings is 3. The Bertz CT molecular complexity index is 1790. The van der Waals surface area contributed by atoms with Crippen molar-refractivity contribution in [2.45, 2.75) is 64.7 Å². The van der Waals surface area contributed by atoms with Gasteiger partial charge < -0.3 is 14.7 Å². The third-order valence-electron chi connectivity index (χ3n) is 8.60. The molecule has 0 saturated carbocycles. The van der Waals surface area contributed by atoms with E-state index in [1.807, 2.05) is 30.3 Å². The van der Waals surface area contributed by atoms with Gasteiger partial charge in [0.25, 0.3) is 11.8 Å². The molecule has 3 aromatic carbocycles. The van der Waals surface area contributed by atoms with Crippen molar-refractivity contribution in [1.82, 2.24) is 9.97 Å². The number of carbonyl (C=O) groups is 2. The fourth-order valence-corrected chi connectivity index (χ4v) is 5.90. The number of aryl methyl sites for hydroxylation is 1. The highest BCUT2D eigenvalue weighted by Crippen LogP contribution is 2.46. The van der Waals surface area contributed by atoms with Gasteiger partial charge in [0.15, 0.2) is 5.76 Å². The summed E-state index contributed by atoms with van der Waals surface area (Å²) >= 11 is 0. The Balaban J connectivity index is 1.18. The third-order valence-corrected chi connectivity index (χ3v) is 8.60. The molecule has 0 aliphatic heterocycles. The molecular formula is C35H36N4O3. The van der Waals surface area contributed by atoms with Crippen molar-refractivity contribution in [1.29, 1.82) is 0 Å². The lowest BCUT2D eigenvalue weighted by Gasteiger charge is -2.42. The van der Waals surface area contributed by atoms with E-state index in [9.17, 15) is 9.59 Å². The summed E-state index contributed by atoms with van der Waals surface area (Å²) in [5, 5.41) is 5.63. The van der Waals surface area contributed by atoms with Gasteiger partial charge in [-0.3, -0.25) is 14.9 Å². The third kappa shape index (κ3) is 5.22. The molecule has 3 N–H and O–H groups in total. The maximum Gasteiger partial charge on any atom is 0.291 e. The maximum absolute atomic E-state index is 13.2. The molecular weight excluding hydrogens is 524 g/mol. The van der Waals surface area contributed by atoms with Gasteiger partial charge in [-0.15, -0.1) is 0 Å². The van der Waals surface area contributed by atoms with Gasteiger partial charge in [0.05, 0.1) is 22.3 Å². The van der Waals surface area contributed by atoms with Crippen LogP contribution in [-0.2, 0) is 17.3 Å². The summed E-state index contributed by atoms with van der Waals surface area (Å²) in [5.41, 5.74) is 7.80. The van der Waals surface area contributed by atoms with Crippen LogP contribution in [0, 0.1) is 6.92 Å². The molecule has 2 heterocycles. The monoisotopic (exact) mass is 560 g/mol. The number of aromatic nitrogens is 2. The average molecular weight is 561 g/mol. The highest BCUT2D eigenvalue weighted by molar-refractivity contribution is 6.11. The largest absolute Gasteiger partial charge is 0.456 e. The van der Waals surface area contributed by atoms with Crippen molar-refractivity contribution in [3.8, 4) is 0 Å². The highest BCUT2D eigenvalue weighted by atomic mass is 16.3. The molecule has 42 heavy (non-hydrogen) atoms. The average Bonchev–Trinajstić information content (AvgIpc) is 3.59. The van der Waals surface area contributed by atoms with Gasteiger partial charge in [-0.2, -0.15) is 0 Å². The Morgan fingerprint density at radius 3 is 2.31 bits per heavy atom. The number of imidazole rings is 1. The molecule has 0 bridgehead atoms. The molecule has 1 aliphatic rings. The number of carbonyl (C=O) groups excluding carboxylic acids is 2. The van der Waals surface area contributed by atoms with Crippen LogP contribution in [0.25, 0.3) is 11.0 Å². The summed E-state index contributed by atoms with van der Waals surface area (Å²) in [5.74, 6) is 0.429. The topological polar surface area (TPSA) is 100 Å². The van der Waals surface area contributed by atoms with E-state index in [0.717, 1.165) is 17.5 Å². The molecule has 0 spiro atoms. The number of hydrogen-bond donors (Lipinski definition) is 3. The first-order valence-electron chi connectivity index (χ1n) is 14.4. The smallest absolute Gasteiger partial charge is 0.291 e. The second-order valence-electron chi connectivity index (χ2n) is 12.6. The van der Waals surface area contributed by atoms with E-state index in [0.29, 0.717) is 29.4 Å². The van der Waals surface area contributed by atoms with Gasteiger partial charge in [-0.25, -0.2) is 4.98 Å². The van der Waals surface area contributed by atoms with E-state index in [4.69, 9.17) is 4.42 Å². The van der Waals surface area contributed by atoms with Crippen LogP contribution in [0.4, 0.5) is 11.6 Å². The van der Waals surface area contributed by atoms with Crippen molar-refractivity contribution in [3.63, 3.8) is 0 Å². The first kappa shape index (κ1) is 27.5. The molecule has 7 heteroatoms. The minimum absolute atomic E-state index is 0.117. The predicted molar refractivity (Wildman–Crippen MR) is 166 cm³/mol. The van der Waals surface area contributed by atoms with E-state index in [1.165, 1.54) is 28.7 Å². The fourth-order valence-electron chi connectivity index (χ4n) is 5.90. The summed E-state index contributed by atoms with van der Waals surface area (Å²) in [6.45, 7) is 11.5. The number of nitrogens with one attached hydrogen (secondary N) is 3. The highest BCUT2D eigenvalue weighted by Gasteiger charge is 2.37. The molecule has 1 aliphatic carbocycles. The molecule has 5 aromatic rings. The van der Waals surface area contributed by atoms with Crippen LogP contribution in [0.5, 0.6) is 0 Å². The fraction of sp³-hybridized carbons (Fsp3) is 0.286. The molecule has 0 saturated heterocycles. The number of furan rings is 1. The standard InChI is InChI=1S/C35H36N4O3/c1-21-18-25-26(35(4,5)17-16-34(25,2)3)20-22(21)19-23-14-15-30(42-23)32(41)36-27-11-7-6-10-24(27)31(40)39-33-37-28-12-8-9-13-29(28)38-33/h6-15,18,20H,16-17,19H2,1-5H3,(H,36,41)(H2,37,38,39,40). The zero-order chi connectivity index (χ0) is 29.6. The summed E-state index contributed by atoms with van der Waals surface area (Å²) in [6.07, 6.45) is 2.92. The van der Waals surface area contributed by atoms with Crippen LogP contribution in [0.2, 0.25) is 0 Å². The summed E-state index contributed by atoms with van der Waals surface area (Å²) in [6, 6.07) is 22.6.